The van der Waals surface area contributed by atoms with Crippen molar-refractivity contribution in [1.82, 2.24) is 5.32 Å². The first-order valence-electron chi connectivity index (χ1n) is 10.9. The number of nitrogens with zero attached hydrogens (tertiary/aromatic N) is 1. The Bertz CT molecular complexity index is 1260. The Morgan fingerprint density at radius 3 is 2.53 bits per heavy atom. The number of carboxylic acid groups (broad SMARTS) is 1. The number of fused-ring (bicyclic) bond motifs is 1. The topological polar surface area (TPSA) is 109 Å². The van der Waals surface area contributed by atoms with Gasteiger partial charge in [0, 0.05) is 11.6 Å². The van der Waals surface area contributed by atoms with Crippen molar-refractivity contribution in [1.29, 1.82) is 5.26 Å². The largest absolute Gasteiger partial charge is 0.497 e. The van der Waals surface area contributed by atoms with Crippen LogP contribution in [0.15, 0.2) is 60.7 Å². The number of amides is 1. The summed E-state index contributed by atoms with van der Waals surface area (Å²) < 4.78 is 11.1. The summed E-state index contributed by atoms with van der Waals surface area (Å²) >= 11 is 0. The van der Waals surface area contributed by atoms with Crippen LogP contribution in [-0.4, -0.2) is 30.1 Å². The second-order valence-electron chi connectivity index (χ2n) is 8.19. The van der Waals surface area contributed by atoms with E-state index in [1.165, 1.54) is 17.2 Å². The first-order chi connectivity index (χ1) is 16.4. The monoisotopic (exact) mass is 456 g/mol. The Morgan fingerprint density at radius 1 is 1.06 bits per heavy atom. The predicted octanol–water partition coefficient (Wildman–Crippen LogP) is 4.27. The second kappa shape index (κ2) is 10.1. The van der Waals surface area contributed by atoms with E-state index >= 15 is 0 Å². The fourth-order valence-corrected chi connectivity index (χ4v) is 4.09. The van der Waals surface area contributed by atoms with Gasteiger partial charge in [-0.2, -0.15) is 5.26 Å². The van der Waals surface area contributed by atoms with Crippen LogP contribution in [0, 0.1) is 11.3 Å². The highest BCUT2D eigenvalue weighted by atomic mass is 16.5. The quantitative estimate of drug-likeness (QED) is 0.550. The van der Waals surface area contributed by atoms with Gasteiger partial charge in [0.25, 0.3) is 5.91 Å². The van der Waals surface area contributed by atoms with Crippen LogP contribution >= 0.6 is 0 Å². The molecule has 0 radical (unpaired) electrons. The number of aryl methyl sites for hydroxylation is 1. The fraction of sp³-hybridized carbons (Fsp3) is 0.222. The molecule has 2 N–H and O–H groups in total. The zero-order valence-electron chi connectivity index (χ0n) is 18.7. The number of carbonyl (C=O) groups is 2. The molecule has 172 valence electrons. The Morgan fingerprint density at radius 2 is 1.82 bits per heavy atom. The van der Waals surface area contributed by atoms with E-state index in [0.29, 0.717) is 22.6 Å². The molecule has 0 saturated carbocycles. The molecule has 1 unspecified atom stereocenters. The van der Waals surface area contributed by atoms with Gasteiger partial charge in [0.1, 0.15) is 23.3 Å². The summed E-state index contributed by atoms with van der Waals surface area (Å²) in [6.45, 7) is 0. The number of carbonyl (C=O) groups excluding carboxylic acids is 1. The molecule has 0 aliphatic heterocycles. The average Bonchev–Trinajstić information content (AvgIpc) is 2.84. The maximum atomic E-state index is 12.8. The Hall–Kier alpha value is -4.31. The number of aliphatic carboxylic acids is 1. The van der Waals surface area contributed by atoms with E-state index in [9.17, 15) is 14.9 Å². The molecule has 3 aromatic rings. The van der Waals surface area contributed by atoms with E-state index in [1.807, 2.05) is 12.1 Å². The molecule has 7 heteroatoms. The number of nitriles is 1. The van der Waals surface area contributed by atoms with Crippen LogP contribution in [-0.2, 0) is 24.1 Å². The lowest BCUT2D eigenvalue weighted by Crippen LogP contribution is -2.38. The molecule has 1 aliphatic rings. The first kappa shape index (κ1) is 22.9. The molecule has 3 aromatic carbocycles. The van der Waals surface area contributed by atoms with Crippen LogP contribution < -0.4 is 14.8 Å². The molecule has 0 saturated heterocycles. The van der Waals surface area contributed by atoms with Gasteiger partial charge in [0.05, 0.1) is 19.1 Å². The molecule has 1 amide bonds. The van der Waals surface area contributed by atoms with Crippen molar-refractivity contribution >= 4 is 11.9 Å². The maximum Gasteiger partial charge on any atom is 0.307 e. The van der Waals surface area contributed by atoms with Crippen molar-refractivity contribution in [2.45, 2.75) is 31.7 Å². The number of benzene rings is 3. The smallest absolute Gasteiger partial charge is 0.307 e. The van der Waals surface area contributed by atoms with Gasteiger partial charge in [-0.3, -0.25) is 9.59 Å². The van der Waals surface area contributed by atoms with E-state index in [0.717, 1.165) is 25.0 Å². The Kier molecular flexibility index (Phi) is 6.79. The van der Waals surface area contributed by atoms with Crippen LogP contribution in [0.25, 0.3) is 0 Å². The van der Waals surface area contributed by atoms with Gasteiger partial charge in [-0.15, -0.1) is 0 Å². The minimum Gasteiger partial charge on any atom is -0.497 e. The molecule has 0 bridgehead atoms. The lowest BCUT2D eigenvalue weighted by atomic mass is 9.88. The van der Waals surface area contributed by atoms with Crippen LogP contribution in [0.5, 0.6) is 17.2 Å². The molecular weight excluding hydrogens is 432 g/mol. The fourth-order valence-electron chi connectivity index (χ4n) is 4.09. The van der Waals surface area contributed by atoms with Crippen LogP contribution in [0.2, 0.25) is 0 Å². The summed E-state index contributed by atoms with van der Waals surface area (Å²) in [5.74, 6) is 0.529. The standard InChI is InChI=1S/C27H24N2O5/c1-33-24-10-6-19-14-22(7-3-20(19)15-24)29-27(32)18-4-8-23(9-5-18)34-25-11-2-17(13-26(30)31)12-21(25)16-28/h2,4-6,8-12,15,22H,3,7,13-14H2,1H3,(H,29,32)(H,30,31). The van der Waals surface area contributed by atoms with E-state index in [2.05, 4.69) is 17.4 Å². The summed E-state index contributed by atoms with van der Waals surface area (Å²) in [6, 6.07) is 19.5. The average molecular weight is 456 g/mol. The number of carboxylic acids is 1. The van der Waals surface area contributed by atoms with Gasteiger partial charge in [-0.05, 0) is 84.5 Å². The van der Waals surface area contributed by atoms with Crippen molar-refractivity contribution in [2.75, 3.05) is 7.11 Å². The third kappa shape index (κ3) is 5.36. The molecule has 34 heavy (non-hydrogen) atoms. The lowest BCUT2D eigenvalue weighted by molar-refractivity contribution is -0.136. The van der Waals surface area contributed by atoms with Gasteiger partial charge in [0.2, 0.25) is 0 Å². The van der Waals surface area contributed by atoms with Crippen molar-refractivity contribution in [3.8, 4) is 23.3 Å². The molecule has 1 atom stereocenters. The molecule has 1 aliphatic carbocycles. The number of hydrogen-bond acceptors (Lipinski definition) is 5. The summed E-state index contributed by atoms with van der Waals surface area (Å²) in [6.07, 6.45) is 2.36. The highest BCUT2D eigenvalue weighted by molar-refractivity contribution is 5.94. The van der Waals surface area contributed by atoms with Gasteiger partial charge < -0.3 is 19.9 Å². The van der Waals surface area contributed by atoms with Crippen molar-refractivity contribution in [3.63, 3.8) is 0 Å². The van der Waals surface area contributed by atoms with Gasteiger partial charge in [0.15, 0.2) is 0 Å². The summed E-state index contributed by atoms with van der Waals surface area (Å²) in [5.41, 5.74) is 3.77. The van der Waals surface area contributed by atoms with Gasteiger partial charge in [-0.25, -0.2) is 0 Å². The van der Waals surface area contributed by atoms with Crippen LogP contribution in [0.4, 0.5) is 0 Å². The highest BCUT2D eigenvalue weighted by Crippen LogP contribution is 2.28. The number of methoxy groups -OCH3 is 1. The molecule has 0 heterocycles. The van der Waals surface area contributed by atoms with E-state index in [4.69, 9.17) is 14.6 Å². The number of hydrogen-bond donors (Lipinski definition) is 2. The van der Waals surface area contributed by atoms with E-state index in [1.54, 1.807) is 43.5 Å². The number of rotatable bonds is 7. The molecular formula is C27H24N2O5. The maximum absolute atomic E-state index is 12.8. The predicted molar refractivity (Wildman–Crippen MR) is 125 cm³/mol. The van der Waals surface area contributed by atoms with Crippen LogP contribution in [0.3, 0.4) is 0 Å². The third-order valence-electron chi connectivity index (χ3n) is 5.84. The summed E-state index contributed by atoms with van der Waals surface area (Å²) in [7, 11) is 1.66. The normalized spacial score (nSPS) is 14.4. The Balaban J connectivity index is 1.38. The Labute approximate surface area is 197 Å². The molecule has 0 aromatic heterocycles. The molecule has 0 spiro atoms. The van der Waals surface area contributed by atoms with Crippen molar-refractivity contribution in [3.05, 3.63) is 88.5 Å². The lowest BCUT2D eigenvalue weighted by Gasteiger charge is -2.26. The molecule has 4 rings (SSSR count). The highest BCUT2D eigenvalue weighted by Gasteiger charge is 2.21. The van der Waals surface area contributed by atoms with Gasteiger partial charge >= 0.3 is 5.97 Å². The SMILES string of the molecule is COc1ccc2c(c1)CCC(NC(=O)c1ccc(Oc3ccc(CC(=O)O)cc3C#N)cc1)C2. The van der Waals surface area contributed by atoms with Crippen molar-refractivity contribution in [2.24, 2.45) is 0 Å². The van der Waals surface area contributed by atoms with E-state index < -0.39 is 5.97 Å². The number of ether oxygens (including phenoxy) is 2. The minimum absolute atomic E-state index is 0.0619. The molecule has 0 fully saturated rings. The van der Waals surface area contributed by atoms with Gasteiger partial charge in [-0.1, -0.05) is 12.1 Å². The zero-order valence-corrected chi connectivity index (χ0v) is 18.7. The van der Waals surface area contributed by atoms with E-state index in [-0.39, 0.29) is 23.9 Å². The minimum atomic E-state index is -0.968. The van der Waals surface area contributed by atoms with Crippen LogP contribution in [0.1, 0.15) is 39.0 Å². The first-order valence-corrected chi connectivity index (χ1v) is 10.9. The van der Waals surface area contributed by atoms with Crippen molar-refractivity contribution < 1.29 is 24.2 Å². The summed E-state index contributed by atoms with van der Waals surface area (Å²) in [5, 5.41) is 21.4. The number of nitrogens with one attached hydrogen (secondary N) is 1. The second-order valence-corrected chi connectivity index (χ2v) is 8.19. The third-order valence-corrected chi connectivity index (χ3v) is 5.84. The molecule has 7 nitrogen and oxygen atoms in total. The summed E-state index contributed by atoms with van der Waals surface area (Å²) in [4.78, 5) is 23.6. The zero-order chi connectivity index (χ0) is 24.1.